The van der Waals surface area contributed by atoms with Crippen molar-refractivity contribution in [3.05, 3.63) is 71.0 Å². The summed E-state index contributed by atoms with van der Waals surface area (Å²) in [7, 11) is 0. The molecule has 2 aromatic carbocycles. The Bertz CT molecular complexity index is 890. The van der Waals surface area contributed by atoms with Gasteiger partial charge < -0.3 is 10.2 Å². The van der Waals surface area contributed by atoms with Crippen LogP contribution in [-0.4, -0.2) is 23.3 Å². The summed E-state index contributed by atoms with van der Waals surface area (Å²) in [6.07, 6.45) is 3.78. The fourth-order valence-corrected chi connectivity index (χ4v) is 4.53. The van der Waals surface area contributed by atoms with Crippen LogP contribution >= 0.6 is 0 Å². The molecule has 1 fully saturated rings. The normalized spacial score (nSPS) is 20.1. The summed E-state index contributed by atoms with van der Waals surface area (Å²) in [6.45, 7) is 2.19. The summed E-state index contributed by atoms with van der Waals surface area (Å²) in [5, 5.41) is 3.20. The summed E-state index contributed by atoms with van der Waals surface area (Å²) in [5.41, 5.74) is 2.79. The van der Waals surface area contributed by atoms with Gasteiger partial charge in [-0.05, 0) is 54.5 Å². The molecule has 1 atom stereocenters. The average Bonchev–Trinajstić information content (AvgIpc) is 2.65. The van der Waals surface area contributed by atoms with Crippen LogP contribution in [0, 0.1) is 5.82 Å². The van der Waals surface area contributed by atoms with Gasteiger partial charge in [0, 0.05) is 13.5 Å². The van der Waals surface area contributed by atoms with Crippen LogP contribution in [0.5, 0.6) is 0 Å². The molecule has 0 bridgehead atoms. The summed E-state index contributed by atoms with van der Waals surface area (Å²) in [4.78, 5) is 27.0. The van der Waals surface area contributed by atoms with Crippen molar-refractivity contribution in [2.45, 2.75) is 50.6 Å². The molecule has 2 aromatic rings. The molecule has 4 nitrogen and oxygen atoms in total. The molecule has 0 radical (unpaired) electrons. The van der Waals surface area contributed by atoms with Crippen LogP contribution in [0.25, 0.3) is 0 Å². The fraction of sp³-hybridized carbons (Fsp3) is 0.391. The zero-order valence-corrected chi connectivity index (χ0v) is 16.1. The van der Waals surface area contributed by atoms with Crippen molar-refractivity contribution in [2.75, 3.05) is 6.54 Å². The molecule has 1 aliphatic heterocycles. The number of hydrogen-bond acceptors (Lipinski definition) is 2. The van der Waals surface area contributed by atoms with Gasteiger partial charge in [-0.3, -0.25) is 9.59 Å². The van der Waals surface area contributed by atoms with Crippen molar-refractivity contribution in [3.63, 3.8) is 0 Å². The van der Waals surface area contributed by atoms with Gasteiger partial charge >= 0.3 is 0 Å². The van der Waals surface area contributed by atoms with E-state index >= 15 is 0 Å². The van der Waals surface area contributed by atoms with Crippen molar-refractivity contribution < 1.29 is 14.0 Å². The monoisotopic (exact) mass is 380 g/mol. The number of hydrogen-bond donors (Lipinski definition) is 1. The van der Waals surface area contributed by atoms with E-state index < -0.39 is 5.54 Å². The molecule has 28 heavy (non-hydrogen) atoms. The van der Waals surface area contributed by atoms with E-state index in [0.29, 0.717) is 6.54 Å². The summed E-state index contributed by atoms with van der Waals surface area (Å²) in [5.74, 6) is -0.360. The standard InChI is InChI=1S/C23H25FN2O2/c1-16(27)26-14-11-17-5-2-3-6-20(17)21(26)15-22(28)25-23(12-4-13-23)18-7-9-19(24)10-8-18/h2-3,5-10,21H,4,11-15H2,1H3,(H,25,28). The highest BCUT2D eigenvalue weighted by Gasteiger charge is 2.41. The zero-order valence-electron chi connectivity index (χ0n) is 16.1. The lowest BCUT2D eigenvalue weighted by Gasteiger charge is -2.44. The first kappa shape index (κ1) is 18.7. The number of nitrogens with one attached hydrogen (secondary N) is 1. The minimum atomic E-state index is -0.417. The van der Waals surface area contributed by atoms with E-state index in [9.17, 15) is 14.0 Å². The summed E-state index contributed by atoms with van der Waals surface area (Å²) < 4.78 is 13.3. The Hall–Kier alpha value is -2.69. The third-order valence-electron chi connectivity index (χ3n) is 6.18. The molecular formula is C23H25FN2O2. The number of benzene rings is 2. The smallest absolute Gasteiger partial charge is 0.223 e. The van der Waals surface area contributed by atoms with Crippen LogP contribution in [0.4, 0.5) is 4.39 Å². The van der Waals surface area contributed by atoms with E-state index in [2.05, 4.69) is 11.4 Å². The maximum Gasteiger partial charge on any atom is 0.223 e. The molecule has 0 saturated heterocycles. The van der Waals surface area contributed by atoms with Crippen molar-refractivity contribution in [2.24, 2.45) is 0 Å². The molecule has 5 heteroatoms. The highest BCUT2D eigenvalue weighted by Crippen LogP contribution is 2.42. The molecule has 1 saturated carbocycles. The molecule has 2 amide bonds. The van der Waals surface area contributed by atoms with Crippen molar-refractivity contribution in [3.8, 4) is 0 Å². The average molecular weight is 380 g/mol. The fourth-order valence-electron chi connectivity index (χ4n) is 4.53. The predicted molar refractivity (Wildman–Crippen MR) is 105 cm³/mol. The molecule has 1 heterocycles. The SMILES string of the molecule is CC(=O)N1CCc2ccccc2C1CC(=O)NC1(c2ccc(F)cc2)CCC1. The number of rotatable bonds is 4. The predicted octanol–water partition coefficient (Wildman–Crippen LogP) is 3.86. The molecule has 4 rings (SSSR count). The summed E-state index contributed by atoms with van der Waals surface area (Å²) >= 11 is 0. The number of carbonyl (C=O) groups excluding carboxylic acids is 2. The van der Waals surface area contributed by atoms with Crippen LogP contribution in [-0.2, 0) is 21.5 Å². The summed E-state index contributed by atoms with van der Waals surface area (Å²) in [6, 6.07) is 14.2. The Labute approximate surface area is 164 Å². The van der Waals surface area contributed by atoms with Gasteiger partial charge in [-0.25, -0.2) is 4.39 Å². The van der Waals surface area contributed by atoms with Gasteiger partial charge in [-0.1, -0.05) is 36.4 Å². The van der Waals surface area contributed by atoms with E-state index in [0.717, 1.165) is 36.8 Å². The lowest BCUT2D eigenvalue weighted by atomic mass is 9.71. The number of halogens is 1. The molecule has 1 N–H and O–H groups in total. The van der Waals surface area contributed by atoms with Crippen LogP contribution in [0.1, 0.15) is 55.3 Å². The van der Waals surface area contributed by atoms with Crippen LogP contribution in [0.15, 0.2) is 48.5 Å². The maximum absolute atomic E-state index is 13.3. The number of amides is 2. The van der Waals surface area contributed by atoms with Crippen molar-refractivity contribution >= 4 is 11.8 Å². The van der Waals surface area contributed by atoms with E-state index in [1.807, 2.05) is 18.2 Å². The molecule has 146 valence electrons. The van der Waals surface area contributed by atoms with E-state index in [-0.39, 0.29) is 30.1 Å². The third-order valence-corrected chi connectivity index (χ3v) is 6.18. The molecule has 0 aromatic heterocycles. The Morgan fingerprint density at radius 3 is 2.50 bits per heavy atom. The highest BCUT2D eigenvalue weighted by molar-refractivity contribution is 5.80. The highest BCUT2D eigenvalue weighted by atomic mass is 19.1. The van der Waals surface area contributed by atoms with Gasteiger partial charge in [0.25, 0.3) is 0 Å². The Kier molecular flexibility index (Phi) is 4.92. The minimum Gasteiger partial charge on any atom is -0.347 e. The zero-order chi connectivity index (χ0) is 19.7. The van der Waals surface area contributed by atoms with Crippen LogP contribution in [0.2, 0.25) is 0 Å². The van der Waals surface area contributed by atoms with Crippen molar-refractivity contribution in [1.82, 2.24) is 10.2 Å². The molecule has 0 spiro atoms. The topological polar surface area (TPSA) is 49.4 Å². The van der Waals surface area contributed by atoms with E-state index in [1.165, 1.54) is 17.7 Å². The van der Waals surface area contributed by atoms with Gasteiger partial charge in [0.05, 0.1) is 18.0 Å². The van der Waals surface area contributed by atoms with E-state index in [4.69, 9.17) is 0 Å². The molecule has 2 aliphatic rings. The first-order chi connectivity index (χ1) is 13.5. The Morgan fingerprint density at radius 1 is 1.14 bits per heavy atom. The van der Waals surface area contributed by atoms with Gasteiger partial charge in [-0.2, -0.15) is 0 Å². The molecule has 1 aliphatic carbocycles. The Balaban J connectivity index is 1.55. The number of nitrogens with zero attached hydrogens (tertiary/aromatic N) is 1. The van der Waals surface area contributed by atoms with Crippen LogP contribution in [0.3, 0.4) is 0 Å². The largest absolute Gasteiger partial charge is 0.347 e. The number of fused-ring (bicyclic) bond motifs is 1. The third kappa shape index (κ3) is 3.41. The van der Waals surface area contributed by atoms with Gasteiger partial charge in [0.1, 0.15) is 5.82 Å². The lowest BCUT2D eigenvalue weighted by Crippen LogP contribution is -2.52. The van der Waals surface area contributed by atoms with Gasteiger partial charge in [0.2, 0.25) is 11.8 Å². The van der Waals surface area contributed by atoms with Crippen molar-refractivity contribution in [1.29, 1.82) is 0 Å². The maximum atomic E-state index is 13.3. The second-order valence-electron chi connectivity index (χ2n) is 7.87. The van der Waals surface area contributed by atoms with Gasteiger partial charge in [0.15, 0.2) is 0 Å². The molecular weight excluding hydrogens is 355 g/mol. The second kappa shape index (κ2) is 7.38. The number of carbonyl (C=O) groups is 2. The lowest BCUT2D eigenvalue weighted by molar-refractivity contribution is -0.133. The minimum absolute atomic E-state index is 0.0100. The first-order valence-corrected chi connectivity index (χ1v) is 9.91. The first-order valence-electron chi connectivity index (χ1n) is 9.91. The van der Waals surface area contributed by atoms with Crippen LogP contribution < -0.4 is 5.32 Å². The molecule has 1 unspecified atom stereocenters. The quantitative estimate of drug-likeness (QED) is 0.876. The van der Waals surface area contributed by atoms with E-state index in [1.54, 1.807) is 24.0 Å². The second-order valence-corrected chi connectivity index (χ2v) is 7.87. The van der Waals surface area contributed by atoms with Gasteiger partial charge in [-0.15, -0.1) is 0 Å². The Morgan fingerprint density at radius 2 is 1.86 bits per heavy atom.